The van der Waals surface area contributed by atoms with Crippen LogP contribution in [-0.2, 0) is 16.6 Å². The Morgan fingerprint density at radius 3 is 3.11 bits per heavy atom. The molecule has 0 saturated carbocycles. The molecule has 7 nitrogen and oxygen atoms in total. The number of thiophene rings is 1. The molecule has 9 heteroatoms. The summed E-state index contributed by atoms with van der Waals surface area (Å²) in [5.74, 6) is 0.763. The minimum Gasteiger partial charge on any atom is -0.374 e. The van der Waals surface area contributed by atoms with E-state index < -0.39 is 0 Å². The van der Waals surface area contributed by atoms with E-state index in [1.165, 1.54) is 27.7 Å². The third-order valence-electron chi connectivity index (χ3n) is 4.37. The van der Waals surface area contributed by atoms with E-state index in [-0.39, 0.29) is 23.3 Å². The summed E-state index contributed by atoms with van der Waals surface area (Å²) < 4.78 is 7.26. The standard InChI is InChI=1S/C18H26N4O3S2/c1-12(2)9-22-5-6-25-13(10-22)8-19-15(23)11-27-18-20-16-14(4-7-26-16)17(24)21(18)3/h4,7,12-13H,5-6,8-11H2,1-3H3,(H,19,23). The molecule has 3 heterocycles. The number of carbonyl (C=O) groups is 1. The lowest BCUT2D eigenvalue weighted by atomic mass is 10.2. The fourth-order valence-electron chi connectivity index (χ4n) is 3.10. The van der Waals surface area contributed by atoms with Gasteiger partial charge in [-0.3, -0.25) is 19.1 Å². The van der Waals surface area contributed by atoms with Crippen LogP contribution in [0.2, 0.25) is 0 Å². The molecule has 0 bridgehead atoms. The average Bonchev–Trinajstić information content (AvgIpc) is 3.10. The molecule has 1 unspecified atom stereocenters. The van der Waals surface area contributed by atoms with Gasteiger partial charge in [0.15, 0.2) is 5.16 Å². The number of aromatic nitrogens is 2. The van der Waals surface area contributed by atoms with E-state index in [9.17, 15) is 9.59 Å². The molecule has 0 aliphatic carbocycles. The zero-order valence-electron chi connectivity index (χ0n) is 15.9. The zero-order chi connectivity index (χ0) is 19.4. The second kappa shape index (κ2) is 9.18. The van der Waals surface area contributed by atoms with Gasteiger partial charge in [-0.15, -0.1) is 11.3 Å². The molecule has 1 amide bonds. The molecule has 1 aliphatic rings. The zero-order valence-corrected chi connectivity index (χ0v) is 17.6. The lowest BCUT2D eigenvalue weighted by molar-refractivity contribution is -0.119. The highest BCUT2D eigenvalue weighted by Gasteiger charge is 2.21. The molecule has 1 fully saturated rings. The van der Waals surface area contributed by atoms with Gasteiger partial charge in [-0.25, -0.2) is 4.98 Å². The number of carbonyl (C=O) groups excluding carboxylic acids is 1. The third-order valence-corrected chi connectivity index (χ3v) is 6.21. The Labute approximate surface area is 167 Å². The van der Waals surface area contributed by atoms with Gasteiger partial charge >= 0.3 is 0 Å². The van der Waals surface area contributed by atoms with Gasteiger partial charge in [0, 0.05) is 33.2 Å². The smallest absolute Gasteiger partial charge is 0.262 e. The van der Waals surface area contributed by atoms with Gasteiger partial charge in [-0.05, 0) is 17.4 Å². The summed E-state index contributed by atoms with van der Waals surface area (Å²) in [6.45, 7) is 8.46. The summed E-state index contributed by atoms with van der Waals surface area (Å²) in [4.78, 5) is 32.1. The molecule has 1 aliphatic heterocycles. The van der Waals surface area contributed by atoms with Crippen LogP contribution in [0, 0.1) is 5.92 Å². The van der Waals surface area contributed by atoms with E-state index in [1.54, 1.807) is 13.1 Å². The Morgan fingerprint density at radius 2 is 2.33 bits per heavy atom. The normalized spacial score (nSPS) is 18.3. The largest absolute Gasteiger partial charge is 0.374 e. The number of ether oxygens (including phenoxy) is 1. The van der Waals surface area contributed by atoms with E-state index >= 15 is 0 Å². The van der Waals surface area contributed by atoms with Crippen LogP contribution in [0.15, 0.2) is 21.4 Å². The van der Waals surface area contributed by atoms with Crippen molar-refractivity contribution in [2.45, 2.75) is 25.1 Å². The number of nitrogens with zero attached hydrogens (tertiary/aromatic N) is 3. The van der Waals surface area contributed by atoms with E-state index in [0.717, 1.165) is 19.6 Å². The Balaban J connectivity index is 1.49. The number of nitrogens with one attached hydrogen (secondary N) is 1. The van der Waals surface area contributed by atoms with Crippen LogP contribution >= 0.6 is 23.1 Å². The number of amides is 1. The van der Waals surface area contributed by atoms with E-state index in [2.05, 4.69) is 29.0 Å². The summed E-state index contributed by atoms with van der Waals surface area (Å²) in [6.07, 6.45) is 0.0244. The quantitative estimate of drug-likeness (QED) is 0.551. The van der Waals surface area contributed by atoms with Crippen LogP contribution < -0.4 is 10.9 Å². The Morgan fingerprint density at radius 1 is 1.52 bits per heavy atom. The minimum atomic E-state index is -0.0787. The van der Waals surface area contributed by atoms with Crippen LogP contribution in [0.1, 0.15) is 13.8 Å². The number of hydrogen-bond acceptors (Lipinski definition) is 7. The highest BCUT2D eigenvalue weighted by Crippen LogP contribution is 2.20. The van der Waals surface area contributed by atoms with Crippen molar-refractivity contribution in [2.75, 3.05) is 38.5 Å². The van der Waals surface area contributed by atoms with Crippen molar-refractivity contribution in [1.29, 1.82) is 0 Å². The maximum Gasteiger partial charge on any atom is 0.262 e. The first kappa shape index (κ1) is 20.3. The van der Waals surface area contributed by atoms with Crippen molar-refractivity contribution in [1.82, 2.24) is 19.8 Å². The molecule has 3 rings (SSSR count). The molecule has 27 heavy (non-hydrogen) atoms. The first-order valence-corrected chi connectivity index (χ1v) is 11.0. The Bertz CT molecular complexity index is 849. The highest BCUT2D eigenvalue weighted by molar-refractivity contribution is 7.99. The van der Waals surface area contributed by atoms with Crippen LogP contribution in [0.3, 0.4) is 0 Å². The van der Waals surface area contributed by atoms with Crippen molar-refractivity contribution in [3.63, 3.8) is 0 Å². The maximum atomic E-state index is 12.3. The van der Waals surface area contributed by atoms with Gasteiger partial charge in [-0.1, -0.05) is 25.6 Å². The molecule has 0 spiro atoms. The summed E-state index contributed by atoms with van der Waals surface area (Å²) in [5.41, 5.74) is -0.0787. The number of morpholine rings is 1. The molecule has 1 saturated heterocycles. The number of fused-ring (bicyclic) bond motifs is 1. The van der Waals surface area contributed by atoms with Gasteiger partial charge in [0.2, 0.25) is 5.91 Å². The number of rotatable bonds is 7. The predicted octanol–water partition coefficient (Wildman–Crippen LogP) is 1.56. The fourth-order valence-corrected chi connectivity index (χ4v) is 4.71. The summed E-state index contributed by atoms with van der Waals surface area (Å²) in [5, 5.41) is 5.97. The van der Waals surface area contributed by atoms with Crippen molar-refractivity contribution < 1.29 is 9.53 Å². The predicted molar refractivity (Wildman–Crippen MR) is 110 cm³/mol. The van der Waals surface area contributed by atoms with Crippen LogP contribution in [0.5, 0.6) is 0 Å². The highest BCUT2D eigenvalue weighted by atomic mass is 32.2. The molecular formula is C18H26N4O3S2. The summed E-state index contributed by atoms with van der Waals surface area (Å²) in [7, 11) is 1.69. The van der Waals surface area contributed by atoms with E-state index in [0.29, 0.717) is 34.4 Å². The molecule has 1 atom stereocenters. The van der Waals surface area contributed by atoms with Gasteiger partial charge < -0.3 is 10.1 Å². The Kier molecular flexibility index (Phi) is 6.91. The summed E-state index contributed by atoms with van der Waals surface area (Å²) in [6, 6.07) is 1.78. The third kappa shape index (κ3) is 5.31. The molecule has 2 aromatic rings. The van der Waals surface area contributed by atoms with Gasteiger partial charge in [0.25, 0.3) is 5.56 Å². The lowest BCUT2D eigenvalue weighted by Crippen LogP contribution is -2.48. The van der Waals surface area contributed by atoms with Crippen molar-refractivity contribution in [3.05, 3.63) is 21.8 Å². The molecule has 0 radical (unpaired) electrons. The van der Waals surface area contributed by atoms with Crippen LogP contribution in [0.25, 0.3) is 10.2 Å². The van der Waals surface area contributed by atoms with Crippen molar-refractivity contribution in [3.8, 4) is 0 Å². The van der Waals surface area contributed by atoms with Crippen molar-refractivity contribution >= 4 is 39.2 Å². The second-order valence-electron chi connectivity index (χ2n) is 7.14. The Hall–Kier alpha value is -1.42. The average molecular weight is 411 g/mol. The molecule has 2 aromatic heterocycles. The fraction of sp³-hybridized carbons (Fsp3) is 0.611. The molecular weight excluding hydrogens is 384 g/mol. The number of thioether (sulfide) groups is 1. The summed E-state index contributed by atoms with van der Waals surface area (Å²) >= 11 is 2.71. The van der Waals surface area contributed by atoms with E-state index in [4.69, 9.17) is 4.74 Å². The van der Waals surface area contributed by atoms with E-state index in [1.807, 2.05) is 5.38 Å². The van der Waals surface area contributed by atoms with Crippen molar-refractivity contribution in [2.24, 2.45) is 13.0 Å². The minimum absolute atomic E-state index is 0.0244. The topological polar surface area (TPSA) is 76.5 Å². The van der Waals surface area contributed by atoms with Gasteiger partial charge in [-0.2, -0.15) is 0 Å². The van der Waals surface area contributed by atoms with Crippen LogP contribution in [-0.4, -0.2) is 65.0 Å². The second-order valence-corrected chi connectivity index (χ2v) is 8.97. The SMILES string of the molecule is CC(C)CN1CCOC(CNC(=O)CSc2nc3sccc3c(=O)n2C)C1. The maximum absolute atomic E-state index is 12.3. The van der Waals surface area contributed by atoms with Crippen LogP contribution in [0.4, 0.5) is 0 Å². The number of hydrogen-bond donors (Lipinski definition) is 1. The monoisotopic (exact) mass is 410 g/mol. The van der Waals surface area contributed by atoms with Gasteiger partial charge in [0.1, 0.15) is 4.83 Å². The first-order valence-electron chi connectivity index (χ1n) is 9.11. The molecule has 1 N–H and O–H groups in total. The van der Waals surface area contributed by atoms with Gasteiger partial charge in [0.05, 0.1) is 23.8 Å². The lowest BCUT2D eigenvalue weighted by Gasteiger charge is -2.33. The first-order chi connectivity index (χ1) is 12.9. The molecule has 148 valence electrons. The molecule has 0 aromatic carbocycles.